The van der Waals surface area contributed by atoms with Crippen LogP contribution in [0.1, 0.15) is 36.8 Å². The molecule has 0 spiro atoms. The summed E-state index contributed by atoms with van der Waals surface area (Å²) in [6, 6.07) is 0. The van der Waals surface area contributed by atoms with Crippen molar-refractivity contribution >= 4 is 5.65 Å². The zero-order valence-corrected chi connectivity index (χ0v) is 9.71. The second-order valence-electron chi connectivity index (χ2n) is 4.26. The van der Waals surface area contributed by atoms with E-state index in [9.17, 15) is 13.2 Å². The van der Waals surface area contributed by atoms with Crippen LogP contribution in [0.4, 0.5) is 13.2 Å². The number of alkyl halides is 3. The Hall–Kier alpha value is -1.59. The topological polar surface area (TPSA) is 30.2 Å². The molecule has 2 aromatic rings. The fourth-order valence-corrected chi connectivity index (χ4v) is 1.58. The minimum absolute atomic E-state index is 0.170. The molecule has 2 aromatic heterocycles. The normalized spacial score (nSPS) is 12.6. The Morgan fingerprint density at radius 1 is 1.18 bits per heavy atom. The first-order valence-corrected chi connectivity index (χ1v) is 5.22. The van der Waals surface area contributed by atoms with E-state index in [-0.39, 0.29) is 11.6 Å². The predicted octanol–water partition coefficient (Wildman–Crippen LogP) is 3.18. The van der Waals surface area contributed by atoms with Gasteiger partial charge < -0.3 is 4.40 Å². The summed E-state index contributed by atoms with van der Waals surface area (Å²) in [5.74, 6) is 0.170. The molecule has 0 fully saturated rings. The molecule has 3 nitrogen and oxygen atoms in total. The molecule has 0 aliphatic heterocycles. The molecule has 2 rings (SSSR count). The maximum absolute atomic E-state index is 12.6. The summed E-state index contributed by atoms with van der Waals surface area (Å²) in [5.41, 5.74) is 0.623. The Bertz CT molecular complexity index is 555. The number of hydrogen-bond acceptors (Lipinski definition) is 2. The van der Waals surface area contributed by atoms with E-state index >= 15 is 0 Å². The third kappa shape index (κ3) is 2.11. The molecular formula is C11H12F3N3. The molecule has 0 amide bonds. The number of rotatable bonds is 1. The number of fused-ring (bicyclic) bond motifs is 1. The summed E-state index contributed by atoms with van der Waals surface area (Å²) in [5, 5.41) is 0. The fraction of sp³-hybridized carbons (Fsp3) is 0.455. The second-order valence-corrected chi connectivity index (χ2v) is 4.26. The van der Waals surface area contributed by atoms with Crippen molar-refractivity contribution in [1.82, 2.24) is 14.4 Å². The first-order valence-electron chi connectivity index (χ1n) is 5.22. The SMILES string of the molecule is Cc1nc(C(F)(F)F)cn2cc(C(C)C)nc12. The van der Waals surface area contributed by atoms with Gasteiger partial charge in [-0.1, -0.05) is 13.8 Å². The van der Waals surface area contributed by atoms with E-state index in [0.29, 0.717) is 5.65 Å². The van der Waals surface area contributed by atoms with Gasteiger partial charge in [0.2, 0.25) is 0 Å². The number of aromatic nitrogens is 3. The third-order valence-corrected chi connectivity index (χ3v) is 2.51. The molecule has 0 aliphatic rings. The Labute approximate surface area is 96.3 Å². The van der Waals surface area contributed by atoms with Gasteiger partial charge in [-0.2, -0.15) is 13.2 Å². The molecule has 0 unspecified atom stereocenters. The monoisotopic (exact) mass is 243 g/mol. The van der Waals surface area contributed by atoms with E-state index < -0.39 is 11.9 Å². The van der Waals surface area contributed by atoms with E-state index in [2.05, 4.69) is 9.97 Å². The van der Waals surface area contributed by atoms with Crippen molar-refractivity contribution in [2.24, 2.45) is 0 Å². The summed E-state index contributed by atoms with van der Waals surface area (Å²) in [7, 11) is 0. The molecule has 2 heterocycles. The second kappa shape index (κ2) is 3.72. The Balaban J connectivity index is 2.65. The number of aryl methyl sites for hydroxylation is 1. The molecule has 0 bridgehead atoms. The van der Waals surface area contributed by atoms with Gasteiger partial charge in [-0.15, -0.1) is 0 Å². The van der Waals surface area contributed by atoms with E-state index in [1.807, 2.05) is 13.8 Å². The number of hydrogen-bond donors (Lipinski definition) is 0. The predicted molar refractivity (Wildman–Crippen MR) is 56.8 cm³/mol. The average Bonchev–Trinajstić information content (AvgIpc) is 2.60. The van der Waals surface area contributed by atoms with E-state index in [1.165, 1.54) is 11.3 Å². The fourth-order valence-electron chi connectivity index (χ4n) is 1.58. The van der Waals surface area contributed by atoms with Crippen LogP contribution in [0.15, 0.2) is 12.4 Å². The zero-order valence-electron chi connectivity index (χ0n) is 9.71. The summed E-state index contributed by atoms with van der Waals surface area (Å²) in [4.78, 5) is 7.80. The van der Waals surface area contributed by atoms with E-state index in [0.717, 1.165) is 11.9 Å². The average molecular weight is 243 g/mol. The van der Waals surface area contributed by atoms with Crippen LogP contribution in [0.2, 0.25) is 0 Å². The van der Waals surface area contributed by atoms with Gasteiger partial charge in [0, 0.05) is 12.4 Å². The maximum Gasteiger partial charge on any atom is 0.434 e. The molecule has 0 saturated heterocycles. The van der Waals surface area contributed by atoms with Gasteiger partial charge in [0.25, 0.3) is 0 Å². The van der Waals surface area contributed by atoms with Crippen molar-refractivity contribution in [1.29, 1.82) is 0 Å². The largest absolute Gasteiger partial charge is 0.434 e. The summed E-state index contributed by atoms with van der Waals surface area (Å²) < 4.78 is 39.1. The Morgan fingerprint density at radius 2 is 1.82 bits per heavy atom. The molecule has 6 heteroatoms. The lowest BCUT2D eigenvalue weighted by Gasteiger charge is -2.07. The highest BCUT2D eigenvalue weighted by Gasteiger charge is 2.33. The van der Waals surface area contributed by atoms with Crippen LogP contribution in [0, 0.1) is 6.92 Å². The standard InChI is InChI=1S/C11H12F3N3/c1-6(2)8-4-17-5-9(11(12,13)14)15-7(3)10(17)16-8/h4-6H,1-3H3. The van der Waals surface area contributed by atoms with Crippen LogP contribution in [0.5, 0.6) is 0 Å². The van der Waals surface area contributed by atoms with Crippen molar-refractivity contribution in [3.63, 3.8) is 0 Å². The van der Waals surface area contributed by atoms with E-state index in [4.69, 9.17) is 0 Å². The van der Waals surface area contributed by atoms with Crippen LogP contribution in [-0.4, -0.2) is 14.4 Å². The molecule has 17 heavy (non-hydrogen) atoms. The van der Waals surface area contributed by atoms with Gasteiger partial charge in [-0.05, 0) is 12.8 Å². The van der Waals surface area contributed by atoms with Crippen LogP contribution >= 0.6 is 0 Å². The third-order valence-electron chi connectivity index (χ3n) is 2.51. The van der Waals surface area contributed by atoms with Gasteiger partial charge in [-0.3, -0.25) is 0 Å². The molecule has 0 N–H and O–H groups in total. The molecule has 92 valence electrons. The number of nitrogens with zero attached hydrogens (tertiary/aromatic N) is 3. The van der Waals surface area contributed by atoms with Crippen molar-refractivity contribution in [3.05, 3.63) is 29.5 Å². The smallest absolute Gasteiger partial charge is 0.303 e. The minimum Gasteiger partial charge on any atom is -0.303 e. The van der Waals surface area contributed by atoms with Crippen molar-refractivity contribution in [2.45, 2.75) is 32.9 Å². The van der Waals surface area contributed by atoms with Gasteiger partial charge in [0.15, 0.2) is 11.3 Å². The van der Waals surface area contributed by atoms with Crippen LogP contribution < -0.4 is 0 Å². The molecule has 0 aromatic carbocycles. The van der Waals surface area contributed by atoms with Crippen LogP contribution in [0.3, 0.4) is 0 Å². The summed E-state index contributed by atoms with van der Waals surface area (Å²) in [6.45, 7) is 5.41. The van der Waals surface area contributed by atoms with Crippen molar-refractivity contribution in [3.8, 4) is 0 Å². The minimum atomic E-state index is -4.43. The molecular weight excluding hydrogens is 231 g/mol. The zero-order chi connectivity index (χ0) is 12.8. The lowest BCUT2D eigenvalue weighted by molar-refractivity contribution is -0.141. The lowest BCUT2D eigenvalue weighted by Crippen LogP contribution is -2.10. The summed E-state index contributed by atoms with van der Waals surface area (Å²) in [6.07, 6.45) is -1.84. The Kier molecular flexibility index (Phi) is 2.60. The van der Waals surface area contributed by atoms with Crippen molar-refractivity contribution < 1.29 is 13.2 Å². The first-order chi connectivity index (χ1) is 7.79. The lowest BCUT2D eigenvalue weighted by atomic mass is 10.2. The maximum atomic E-state index is 12.6. The molecule has 0 radical (unpaired) electrons. The highest BCUT2D eigenvalue weighted by Crippen LogP contribution is 2.28. The first kappa shape index (κ1) is 11.9. The number of imidazole rings is 1. The van der Waals surface area contributed by atoms with Gasteiger partial charge in [-0.25, -0.2) is 9.97 Å². The van der Waals surface area contributed by atoms with Gasteiger partial charge in [0.05, 0.1) is 11.4 Å². The van der Waals surface area contributed by atoms with Gasteiger partial charge >= 0.3 is 6.18 Å². The highest BCUT2D eigenvalue weighted by atomic mass is 19.4. The van der Waals surface area contributed by atoms with E-state index in [1.54, 1.807) is 6.20 Å². The van der Waals surface area contributed by atoms with Gasteiger partial charge in [0.1, 0.15) is 0 Å². The Morgan fingerprint density at radius 3 is 2.35 bits per heavy atom. The summed E-state index contributed by atoms with van der Waals surface area (Å²) >= 11 is 0. The van der Waals surface area contributed by atoms with Crippen LogP contribution in [-0.2, 0) is 6.18 Å². The molecule has 0 aliphatic carbocycles. The molecule has 0 saturated carbocycles. The van der Waals surface area contributed by atoms with Crippen LogP contribution in [0.25, 0.3) is 5.65 Å². The highest BCUT2D eigenvalue weighted by molar-refractivity contribution is 5.45. The van der Waals surface area contributed by atoms with Crippen molar-refractivity contribution in [2.75, 3.05) is 0 Å². The number of halogens is 3. The molecule has 0 atom stereocenters. The quantitative estimate of drug-likeness (QED) is 0.770.